The number of aryl methyl sites for hydroxylation is 1. The molecule has 2 heterocycles. The first-order valence-electron chi connectivity index (χ1n) is 13.1. The number of likely N-dealkylation sites (N-methyl/N-ethyl adjacent to an activating group) is 1. The number of piperazine rings is 1. The first-order chi connectivity index (χ1) is 19.3. The maximum absolute atomic E-state index is 12.8. The van der Waals surface area contributed by atoms with Crippen molar-refractivity contribution in [1.82, 2.24) is 19.8 Å². The molecule has 0 atom stereocenters. The van der Waals surface area contributed by atoms with E-state index in [1.165, 1.54) is 6.33 Å². The molecule has 40 heavy (non-hydrogen) atoms. The summed E-state index contributed by atoms with van der Waals surface area (Å²) in [6.45, 7) is 8.89. The highest BCUT2D eigenvalue weighted by Crippen LogP contribution is 2.33. The highest BCUT2D eigenvalue weighted by Gasteiger charge is 2.19. The van der Waals surface area contributed by atoms with Gasteiger partial charge >= 0.3 is 6.03 Å². The van der Waals surface area contributed by atoms with Crippen LogP contribution < -0.4 is 26.0 Å². The summed E-state index contributed by atoms with van der Waals surface area (Å²) < 4.78 is 6.12. The van der Waals surface area contributed by atoms with Gasteiger partial charge in [-0.3, -0.25) is 0 Å². The summed E-state index contributed by atoms with van der Waals surface area (Å²) in [5.74, 6) is 2.01. The molecule has 4 N–H and O–H groups in total. The molecule has 10 heteroatoms. The van der Waals surface area contributed by atoms with E-state index in [9.17, 15) is 4.79 Å². The summed E-state index contributed by atoms with van der Waals surface area (Å²) in [4.78, 5) is 27.6. The van der Waals surface area contributed by atoms with Gasteiger partial charge in [0.05, 0.1) is 16.9 Å². The predicted octanol–water partition coefficient (Wildman–Crippen LogP) is 5.42. The largest absolute Gasteiger partial charge is 0.457 e. The van der Waals surface area contributed by atoms with E-state index in [0.717, 1.165) is 46.7 Å². The van der Waals surface area contributed by atoms with E-state index in [0.29, 0.717) is 36.0 Å². The van der Waals surface area contributed by atoms with Crippen LogP contribution >= 0.6 is 0 Å². The van der Waals surface area contributed by atoms with Gasteiger partial charge in [-0.2, -0.15) is 0 Å². The van der Waals surface area contributed by atoms with Gasteiger partial charge in [-0.15, -0.1) is 0 Å². The fourth-order valence-electron chi connectivity index (χ4n) is 4.57. The minimum atomic E-state index is -0.103. The molecule has 0 aliphatic carbocycles. The molecule has 3 aromatic carbocycles. The molecule has 0 bridgehead atoms. The van der Waals surface area contributed by atoms with Crippen LogP contribution in [-0.4, -0.2) is 66.1 Å². The molecule has 5 rings (SSSR count). The normalized spacial score (nSPS) is 13.6. The van der Waals surface area contributed by atoms with Crippen molar-refractivity contribution in [2.75, 3.05) is 61.5 Å². The van der Waals surface area contributed by atoms with Gasteiger partial charge < -0.3 is 35.8 Å². The lowest BCUT2D eigenvalue weighted by molar-refractivity contribution is 0.164. The van der Waals surface area contributed by atoms with Crippen LogP contribution in [0.1, 0.15) is 5.56 Å². The van der Waals surface area contributed by atoms with Gasteiger partial charge in [0.15, 0.2) is 0 Å². The number of ether oxygens (including phenoxy) is 1. The van der Waals surface area contributed by atoms with E-state index in [1.807, 2.05) is 72.3 Å². The molecule has 1 aromatic heterocycles. The van der Waals surface area contributed by atoms with Gasteiger partial charge in [0.1, 0.15) is 23.6 Å². The number of anilines is 5. The molecule has 1 saturated heterocycles. The Hall–Kier alpha value is -4.83. The summed E-state index contributed by atoms with van der Waals surface area (Å²) in [5, 5.41) is 7.21. The summed E-state index contributed by atoms with van der Waals surface area (Å²) in [6.07, 6.45) is 3.23. The summed E-state index contributed by atoms with van der Waals surface area (Å²) in [5.41, 5.74) is 10.9. The zero-order valence-electron chi connectivity index (χ0n) is 23.0. The Morgan fingerprint density at radius 2 is 1.82 bits per heavy atom. The third-order valence-corrected chi connectivity index (χ3v) is 7.00. The third kappa shape index (κ3) is 5.92. The van der Waals surface area contributed by atoms with Crippen molar-refractivity contribution in [1.29, 1.82) is 0 Å². The Labute approximate surface area is 234 Å². The molecule has 10 nitrogen and oxygen atoms in total. The quantitative estimate of drug-likeness (QED) is 0.268. The van der Waals surface area contributed by atoms with Gasteiger partial charge in [0.25, 0.3) is 0 Å². The number of carbonyl (C=O) groups excluding carboxylic acids is 1. The highest BCUT2D eigenvalue weighted by molar-refractivity contribution is 5.96. The van der Waals surface area contributed by atoms with E-state index in [2.05, 4.69) is 39.1 Å². The number of hydrogen-bond donors (Lipinski definition) is 3. The van der Waals surface area contributed by atoms with Gasteiger partial charge in [-0.25, -0.2) is 14.8 Å². The minimum Gasteiger partial charge on any atom is -0.457 e. The second-order valence-electron chi connectivity index (χ2n) is 9.90. The topological polar surface area (TPSA) is 112 Å². The lowest BCUT2D eigenvalue weighted by Gasteiger charge is -2.32. The van der Waals surface area contributed by atoms with Gasteiger partial charge in [-0.05, 0) is 74.3 Å². The molecule has 1 aliphatic heterocycles. The van der Waals surface area contributed by atoms with E-state index in [1.54, 1.807) is 12.3 Å². The molecule has 0 unspecified atom stereocenters. The van der Waals surface area contributed by atoms with Crippen LogP contribution in [0.15, 0.2) is 73.7 Å². The zero-order valence-corrected chi connectivity index (χ0v) is 23.0. The SMILES string of the molecule is C=CN(C)c1ccc(Oc2ccc(Nc3ncnc4ccc(NC(=O)N5CCN(C)CC5)cc34)cc2C)cc1N. The monoisotopic (exact) mass is 538 g/mol. The van der Waals surface area contributed by atoms with Crippen molar-refractivity contribution >= 4 is 45.5 Å². The van der Waals surface area contributed by atoms with Crippen molar-refractivity contribution in [3.05, 3.63) is 79.3 Å². The minimum absolute atomic E-state index is 0.103. The first-order valence-corrected chi connectivity index (χ1v) is 13.1. The molecule has 0 spiro atoms. The molecule has 206 valence electrons. The highest BCUT2D eigenvalue weighted by atomic mass is 16.5. The summed E-state index contributed by atoms with van der Waals surface area (Å²) in [7, 11) is 3.95. The number of hydrogen-bond acceptors (Lipinski definition) is 8. The Balaban J connectivity index is 1.31. The lowest BCUT2D eigenvalue weighted by Crippen LogP contribution is -2.48. The Kier molecular flexibility index (Phi) is 7.70. The average molecular weight is 539 g/mol. The van der Waals surface area contributed by atoms with Crippen molar-refractivity contribution in [2.24, 2.45) is 0 Å². The van der Waals surface area contributed by atoms with Crippen LogP contribution in [0.3, 0.4) is 0 Å². The Morgan fingerprint density at radius 3 is 2.55 bits per heavy atom. The molecule has 0 saturated carbocycles. The van der Waals surface area contributed by atoms with E-state index in [-0.39, 0.29) is 6.03 Å². The van der Waals surface area contributed by atoms with Crippen LogP contribution in [0, 0.1) is 6.92 Å². The number of aromatic nitrogens is 2. The standard InChI is InChI=1S/C30H34N8O2/c1-5-37(4)27-10-8-23(18-25(27)31)40-28-11-7-21(16-20(28)2)34-29-24-17-22(6-9-26(24)32-19-33-29)35-30(39)38-14-12-36(3)13-15-38/h5-11,16-19H,1,12-15,31H2,2-4H3,(H,35,39)(H,32,33,34). The molecule has 4 aromatic rings. The predicted molar refractivity (Wildman–Crippen MR) is 162 cm³/mol. The van der Waals surface area contributed by atoms with Gasteiger partial charge in [0.2, 0.25) is 0 Å². The molecule has 1 aliphatic rings. The number of nitrogens with zero attached hydrogens (tertiary/aromatic N) is 5. The average Bonchev–Trinajstić information content (AvgIpc) is 2.95. The fraction of sp³-hybridized carbons (Fsp3) is 0.233. The smallest absolute Gasteiger partial charge is 0.321 e. The van der Waals surface area contributed by atoms with Crippen molar-refractivity contribution in [3.8, 4) is 11.5 Å². The van der Waals surface area contributed by atoms with Crippen LogP contribution in [0.5, 0.6) is 11.5 Å². The maximum Gasteiger partial charge on any atom is 0.321 e. The van der Waals surface area contributed by atoms with E-state index < -0.39 is 0 Å². The summed E-state index contributed by atoms with van der Waals surface area (Å²) >= 11 is 0. The molecule has 0 radical (unpaired) electrons. The van der Waals surface area contributed by atoms with Crippen molar-refractivity contribution < 1.29 is 9.53 Å². The van der Waals surface area contributed by atoms with E-state index in [4.69, 9.17) is 10.5 Å². The van der Waals surface area contributed by atoms with Crippen molar-refractivity contribution in [3.63, 3.8) is 0 Å². The Bertz CT molecular complexity index is 1550. The zero-order chi connectivity index (χ0) is 28.2. The van der Waals surface area contributed by atoms with Crippen LogP contribution in [0.2, 0.25) is 0 Å². The number of nitrogens with one attached hydrogen (secondary N) is 2. The second-order valence-corrected chi connectivity index (χ2v) is 9.90. The number of rotatable bonds is 7. The van der Waals surface area contributed by atoms with Crippen LogP contribution in [0.4, 0.5) is 33.4 Å². The Morgan fingerprint density at radius 1 is 1.05 bits per heavy atom. The van der Waals surface area contributed by atoms with Crippen LogP contribution in [-0.2, 0) is 0 Å². The third-order valence-electron chi connectivity index (χ3n) is 7.00. The van der Waals surface area contributed by atoms with Crippen LogP contribution in [0.25, 0.3) is 10.9 Å². The first kappa shape index (κ1) is 26.8. The number of carbonyl (C=O) groups is 1. The van der Waals surface area contributed by atoms with Crippen molar-refractivity contribution in [2.45, 2.75) is 6.92 Å². The number of nitrogen functional groups attached to an aromatic ring is 1. The lowest BCUT2D eigenvalue weighted by atomic mass is 10.1. The summed E-state index contributed by atoms with van der Waals surface area (Å²) in [6, 6.07) is 16.9. The number of benzene rings is 3. The number of amides is 2. The second kappa shape index (κ2) is 11.5. The van der Waals surface area contributed by atoms with E-state index >= 15 is 0 Å². The molecule has 2 amide bonds. The maximum atomic E-state index is 12.8. The van der Waals surface area contributed by atoms with Gasteiger partial charge in [-0.1, -0.05) is 6.58 Å². The number of fused-ring (bicyclic) bond motifs is 1. The fourth-order valence-corrected chi connectivity index (χ4v) is 4.57. The van der Waals surface area contributed by atoms with Gasteiger partial charge in [0, 0.05) is 56.1 Å². The molecular formula is C30H34N8O2. The molecular weight excluding hydrogens is 504 g/mol. The number of urea groups is 1. The molecule has 1 fully saturated rings. The number of nitrogens with two attached hydrogens (primary N) is 1.